The Labute approximate surface area is 141 Å². The molecule has 1 radical (unpaired) electrons. The summed E-state index contributed by atoms with van der Waals surface area (Å²) in [6, 6.07) is 30.7. The van der Waals surface area contributed by atoms with Crippen molar-refractivity contribution < 1.29 is 0 Å². The summed E-state index contributed by atoms with van der Waals surface area (Å²) >= 11 is 0. The molecule has 0 fully saturated rings. The van der Waals surface area contributed by atoms with E-state index in [4.69, 9.17) is 5.10 Å². The van der Waals surface area contributed by atoms with Crippen LogP contribution in [0.1, 0.15) is 5.56 Å². The van der Waals surface area contributed by atoms with E-state index in [2.05, 4.69) is 46.8 Å². The lowest BCUT2D eigenvalue weighted by Crippen LogP contribution is -2.57. The maximum absolute atomic E-state index is 4.80. The summed E-state index contributed by atoms with van der Waals surface area (Å²) in [5.74, 6) is 0.828. The smallest absolute Gasteiger partial charge is 0.195 e. The number of hydrazone groups is 1. The maximum Gasteiger partial charge on any atom is 0.371 e. The van der Waals surface area contributed by atoms with Crippen molar-refractivity contribution in [2.24, 2.45) is 0 Å². The van der Waals surface area contributed by atoms with E-state index >= 15 is 0 Å². The average Bonchev–Trinajstić information content (AvgIpc) is 2.70. The Morgan fingerprint density at radius 3 is 1.83 bits per heavy atom. The lowest BCUT2D eigenvalue weighted by Gasteiger charge is -2.28. The molecule has 0 saturated carbocycles. The van der Waals surface area contributed by atoms with Crippen molar-refractivity contribution in [3.05, 3.63) is 96.6 Å². The van der Waals surface area contributed by atoms with Gasteiger partial charge in [0.15, 0.2) is 6.67 Å². The second-order valence-corrected chi connectivity index (χ2v) is 5.57. The highest BCUT2D eigenvalue weighted by molar-refractivity contribution is 5.99. The summed E-state index contributed by atoms with van der Waals surface area (Å²) in [5, 5.41) is 8.90. The second kappa shape index (κ2) is 6.46. The standard InChI is InChI=1S/C20H18N4/c1-4-10-17(11-5-1)20-21-23(18-12-6-2-7-13-18)16-24(22-20)19-14-8-3-9-15-19/h1-15,21H,16H2/q+1. The van der Waals surface area contributed by atoms with E-state index in [1.54, 1.807) is 0 Å². The highest BCUT2D eigenvalue weighted by Crippen LogP contribution is 2.18. The fraction of sp³-hybridized carbons (Fsp3) is 0.0500. The van der Waals surface area contributed by atoms with E-state index in [-0.39, 0.29) is 0 Å². The topological polar surface area (TPSA) is 32.6 Å². The van der Waals surface area contributed by atoms with Crippen molar-refractivity contribution in [3.8, 4) is 0 Å². The van der Waals surface area contributed by atoms with Gasteiger partial charge in [0.2, 0.25) is 0 Å². The minimum absolute atomic E-state index is 0.629. The number of amidine groups is 1. The van der Waals surface area contributed by atoms with Crippen LogP contribution in [0.25, 0.3) is 0 Å². The highest BCUT2D eigenvalue weighted by Gasteiger charge is 2.30. The Bertz CT molecular complexity index is 816. The molecular formula is C20H18N4+. The van der Waals surface area contributed by atoms with Crippen LogP contribution in [0.15, 0.2) is 91.0 Å². The molecule has 0 amide bonds. The molecule has 0 aliphatic carbocycles. The van der Waals surface area contributed by atoms with Gasteiger partial charge in [0.25, 0.3) is 0 Å². The molecule has 4 nitrogen and oxygen atoms in total. The zero-order valence-corrected chi connectivity index (χ0v) is 13.2. The number of benzene rings is 3. The predicted molar refractivity (Wildman–Crippen MR) is 98.5 cm³/mol. The van der Waals surface area contributed by atoms with Crippen molar-refractivity contribution in [1.82, 2.24) is 10.5 Å². The van der Waals surface area contributed by atoms with Crippen LogP contribution in [-0.2, 0) is 0 Å². The second-order valence-electron chi connectivity index (χ2n) is 5.57. The van der Waals surface area contributed by atoms with Crippen LogP contribution < -0.4 is 20.5 Å². The molecule has 0 unspecified atom stereocenters. The minimum Gasteiger partial charge on any atom is -0.195 e. The van der Waals surface area contributed by atoms with Gasteiger partial charge in [-0.15, -0.1) is 5.01 Å². The van der Waals surface area contributed by atoms with E-state index < -0.39 is 0 Å². The maximum atomic E-state index is 4.80. The first-order valence-corrected chi connectivity index (χ1v) is 7.96. The zero-order chi connectivity index (χ0) is 16.2. The van der Waals surface area contributed by atoms with E-state index in [9.17, 15) is 0 Å². The van der Waals surface area contributed by atoms with Crippen molar-refractivity contribution in [2.45, 2.75) is 0 Å². The van der Waals surface area contributed by atoms with Gasteiger partial charge in [-0.1, -0.05) is 54.6 Å². The third-order valence-corrected chi connectivity index (χ3v) is 3.91. The van der Waals surface area contributed by atoms with Gasteiger partial charge in [-0.3, -0.25) is 0 Å². The molecule has 1 aliphatic heterocycles. The summed E-state index contributed by atoms with van der Waals surface area (Å²) in [4.78, 5) is 0. The Balaban J connectivity index is 1.73. The number of nitrogens with zero attached hydrogens (tertiary/aromatic N) is 3. The van der Waals surface area contributed by atoms with E-state index in [1.165, 1.54) is 0 Å². The predicted octanol–water partition coefficient (Wildman–Crippen LogP) is 3.17. The van der Waals surface area contributed by atoms with Crippen LogP contribution in [0.3, 0.4) is 0 Å². The van der Waals surface area contributed by atoms with Gasteiger partial charge in [-0.05, 0) is 36.4 Å². The Morgan fingerprint density at radius 2 is 1.21 bits per heavy atom. The molecule has 0 spiro atoms. The molecule has 1 aliphatic rings. The monoisotopic (exact) mass is 314 g/mol. The summed E-state index contributed by atoms with van der Waals surface area (Å²) in [7, 11) is 0. The quantitative estimate of drug-likeness (QED) is 0.806. The van der Waals surface area contributed by atoms with Crippen molar-refractivity contribution in [1.29, 1.82) is 0 Å². The number of para-hydroxylation sites is 2. The van der Waals surface area contributed by atoms with Gasteiger partial charge in [0, 0.05) is 0 Å². The van der Waals surface area contributed by atoms with E-state index in [0.29, 0.717) is 6.67 Å². The highest BCUT2D eigenvalue weighted by atomic mass is 15.7. The molecule has 4 heteroatoms. The fourth-order valence-corrected chi connectivity index (χ4v) is 2.68. The summed E-state index contributed by atoms with van der Waals surface area (Å²) < 4.78 is 0. The minimum atomic E-state index is 0.629. The normalized spacial score (nSPS) is 14.1. The third-order valence-electron chi connectivity index (χ3n) is 3.91. The van der Waals surface area contributed by atoms with Gasteiger partial charge in [-0.2, -0.15) is 10.4 Å². The third kappa shape index (κ3) is 2.94. The van der Waals surface area contributed by atoms with Crippen LogP contribution in [-0.4, -0.2) is 12.5 Å². The molecule has 117 valence electrons. The lowest BCUT2D eigenvalue weighted by molar-refractivity contribution is 0.645. The van der Waals surface area contributed by atoms with Gasteiger partial charge >= 0.3 is 5.84 Å². The van der Waals surface area contributed by atoms with Crippen molar-refractivity contribution >= 4 is 17.2 Å². The summed E-state index contributed by atoms with van der Waals surface area (Å²) in [6.07, 6.45) is 0. The molecular weight excluding hydrogens is 296 g/mol. The molecule has 0 atom stereocenters. The van der Waals surface area contributed by atoms with Crippen LogP contribution >= 0.6 is 0 Å². The van der Waals surface area contributed by atoms with Gasteiger partial charge < -0.3 is 0 Å². The van der Waals surface area contributed by atoms with Crippen molar-refractivity contribution in [2.75, 3.05) is 16.7 Å². The van der Waals surface area contributed by atoms with E-state index in [0.717, 1.165) is 22.8 Å². The SMILES string of the molecule is c1ccc(C2=[N+]N(c3ccccc3)CN(c3ccccc3)N2)cc1. The first-order chi connectivity index (χ1) is 11.9. The molecule has 4 rings (SSSR count). The first-order valence-electron chi connectivity index (χ1n) is 7.96. The van der Waals surface area contributed by atoms with Gasteiger partial charge in [0.1, 0.15) is 0 Å². The number of rotatable bonds is 3. The summed E-state index contributed by atoms with van der Waals surface area (Å²) in [5.41, 5.74) is 6.64. The number of hydrogen-bond donors (Lipinski definition) is 1. The Morgan fingerprint density at radius 1 is 0.667 bits per heavy atom. The summed E-state index contributed by atoms with van der Waals surface area (Å²) in [6.45, 7) is 0.629. The first kappa shape index (κ1) is 14.3. The molecule has 0 aromatic heterocycles. The molecule has 1 heterocycles. The Hall–Kier alpha value is -3.27. The zero-order valence-electron chi connectivity index (χ0n) is 13.2. The van der Waals surface area contributed by atoms with Crippen LogP contribution in [0.5, 0.6) is 0 Å². The molecule has 3 aromatic carbocycles. The Kier molecular flexibility index (Phi) is 3.86. The largest absolute Gasteiger partial charge is 0.371 e. The average molecular weight is 314 g/mol. The molecule has 1 N–H and O–H groups in total. The molecule has 3 aromatic rings. The number of hydrogen-bond acceptors (Lipinski definition) is 4. The van der Waals surface area contributed by atoms with Crippen LogP contribution in [0.4, 0.5) is 11.4 Å². The number of hydrazine groups is 1. The number of nitrogens with one attached hydrogen (secondary N) is 1. The van der Waals surface area contributed by atoms with Gasteiger partial charge in [0.05, 0.1) is 22.0 Å². The molecule has 0 saturated heterocycles. The van der Waals surface area contributed by atoms with Gasteiger partial charge in [-0.25, -0.2) is 0 Å². The molecule has 24 heavy (non-hydrogen) atoms. The number of anilines is 2. The fourth-order valence-electron chi connectivity index (χ4n) is 2.68. The van der Waals surface area contributed by atoms with Crippen LogP contribution in [0.2, 0.25) is 0 Å². The van der Waals surface area contributed by atoms with Crippen molar-refractivity contribution in [3.63, 3.8) is 0 Å². The lowest BCUT2D eigenvalue weighted by atomic mass is 10.2. The van der Waals surface area contributed by atoms with E-state index in [1.807, 2.05) is 59.6 Å². The molecule has 0 bridgehead atoms. The van der Waals surface area contributed by atoms with Crippen LogP contribution in [0, 0.1) is 0 Å².